The van der Waals surface area contributed by atoms with Crippen molar-refractivity contribution in [2.24, 2.45) is 0 Å². The van der Waals surface area contributed by atoms with Crippen LogP contribution in [-0.2, 0) is 12.3 Å². The molecule has 0 spiro atoms. The third-order valence-electron chi connectivity index (χ3n) is 6.58. The molecule has 178 valence electrons. The summed E-state index contributed by atoms with van der Waals surface area (Å²) in [5, 5.41) is 9.54. The zero-order chi connectivity index (χ0) is 24.0. The number of para-hydroxylation sites is 1. The van der Waals surface area contributed by atoms with E-state index in [2.05, 4.69) is 14.9 Å². The number of nitrogens with zero attached hydrogens (tertiary/aromatic N) is 2. The lowest BCUT2D eigenvalue weighted by atomic mass is 9.88. The van der Waals surface area contributed by atoms with Crippen molar-refractivity contribution in [3.05, 3.63) is 75.6 Å². The Bertz CT molecular complexity index is 1250. The largest absolute Gasteiger partial charge is 0.477 e. The van der Waals surface area contributed by atoms with Gasteiger partial charge < -0.3 is 19.6 Å². The quantitative estimate of drug-likeness (QED) is 0.514. The van der Waals surface area contributed by atoms with Gasteiger partial charge >= 0.3 is 5.97 Å². The summed E-state index contributed by atoms with van der Waals surface area (Å²) in [7, 11) is 0. The van der Waals surface area contributed by atoms with E-state index in [1.54, 1.807) is 26.0 Å². The van der Waals surface area contributed by atoms with Gasteiger partial charge in [-0.2, -0.15) is 0 Å². The van der Waals surface area contributed by atoms with Gasteiger partial charge in [0.2, 0.25) is 0 Å². The van der Waals surface area contributed by atoms with Gasteiger partial charge in [-0.25, -0.2) is 14.2 Å². The van der Waals surface area contributed by atoms with Crippen LogP contribution >= 0.6 is 11.6 Å². The lowest BCUT2D eigenvalue weighted by Crippen LogP contribution is -2.34. The molecule has 9 heteroatoms. The molecule has 2 aliphatic rings. The molecule has 0 aliphatic carbocycles. The van der Waals surface area contributed by atoms with E-state index in [0.29, 0.717) is 40.1 Å². The zero-order valence-corrected chi connectivity index (χ0v) is 19.7. The number of piperidine rings is 1. The third-order valence-corrected chi connectivity index (χ3v) is 6.81. The summed E-state index contributed by atoms with van der Waals surface area (Å²) >= 11 is 5.91. The van der Waals surface area contributed by atoms with Gasteiger partial charge in [0, 0.05) is 17.5 Å². The molecule has 2 aromatic carbocycles. The average molecular weight is 486 g/mol. The zero-order valence-electron chi connectivity index (χ0n) is 18.9. The fraction of sp³-hybridized carbons (Fsp3) is 0.360. The SMILES string of the molecule is Cc1nc(CN2CCC(c3cccc4c3OC(C)(c3ccc(Cl)cc3F)O4)CC2)[nH]c1C(=O)O. The van der Waals surface area contributed by atoms with Crippen LogP contribution in [0.2, 0.25) is 5.02 Å². The Morgan fingerprint density at radius 3 is 2.74 bits per heavy atom. The summed E-state index contributed by atoms with van der Waals surface area (Å²) in [6, 6.07) is 10.3. The predicted octanol–water partition coefficient (Wildman–Crippen LogP) is 5.23. The van der Waals surface area contributed by atoms with Gasteiger partial charge in [-0.1, -0.05) is 23.7 Å². The second-order valence-corrected chi connectivity index (χ2v) is 9.38. The van der Waals surface area contributed by atoms with E-state index in [9.17, 15) is 14.3 Å². The number of aromatic nitrogens is 2. The van der Waals surface area contributed by atoms with E-state index in [1.165, 1.54) is 6.07 Å². The van der Waals surface area contributed by atoms with Crippen LogP contribution < -0.4 is 9.47 Å². The number of hydrogen-bond acceptors (Lipinski definition) is 5. The second kappa shape index (κ2) is 8.60. The molecule has 0 saturated carbocycles. The standard InChI is InChI=1S/C25H25ClFN3O4/c1-14-22(24(31)32)29-21(28-14)13-30-10-8-15(9-11-30)17-4-3-5-20-23(17)34-25(2,33-20)18-7-6-16(26)12-19(18)27/h3-7,12,15H,8-11,13H2,1-2H3,(H,28,29)(H,31,32). The van der Waals surface area contributed by atoms with Crippen LogP contribution in [0.5, 0.6) is 11.5 Å². The molecule has 0 radical (unpaired) electrons. The fourth-order valence-electron chi connectivity index (χ4n) is 4.86. The first-order valence-corrected chi connectivity index (χ1v) is 11.6. The minimum Gasteiger partial charge on any atom is -0.477 e. The monoisotopic (exact) mass is 485 g/mol. The second-order valence-electron chi connectivity index (χ2n) is 8.95. The Kier molecular flexibility index (Phi) is 5.73. The van der Waals surface area contributed by atoms with Gasteiger partial charge in [-0.3, -0.25) is 4.90 Å². The van der Waals surface area contributed by atoms with Crippen LogP contribution in [0.4, 0.5) is 4.39 Å². The third kappa shape index (κ3) is 4.12. The van der Waals surface area contributed by atoms with Crippen LogP contribution in [0.15, 0.2) is 36.4 Å². The molecule has 0 amide bonds. The molecule has 5 rings (SSSR count). The summed E-state index contributed by atoms with van der Waals surface area (Å²) in [4.78, 5) is 20.8. The first kappa shape index (κ1) is 22.7. The van der Waals surface area contributed by atoms with E-state index in [1.807, 2.05) is 18.2 Å². The van der Waals surface area contributed by atoms with Crippen molar-refractivity contribution < 1.29 is 23.8 Å². The van der Waals surface area contributed by atoms with Crippen LogP contribution in [0.1, 0.15) is 58.8 Å². The summed E-state index contributed by atoms with van der Waals surface area (Å²) in [5.41, 5.74) is 1.98. The molecule has 2 aliphatic heterocycles. The summed E-state index contributed by atoms with van der Waals surface area (Å²) < 4.78 is 27.0. The molecule has 34 heavy (non-hydrogen) atoms. The number of aromatic carboxylic acids is 1. The van der Waals surface area contributed by atoms with Crippen molar-refractivity contribution in [1.82, 2.24) is 14.9 Å². The van der Waals surface area contributed by atoms with Crippen LogP contribution in [0.25, 0.3) is 0 Å². The predicted molar refractivity (Wildman–Crippen MR) is 124 cm³/mol. The molecule has 3 aromatic rings. The highest BCUT2D eigenvalue weighted by Gasteiger charge is 2.42. The Morgan fingerprint density at radius 2 is 2.06 bits per heavy atom. The van der Waals surface area contributed by atoms with Crippen molar-refractivity contribution in [1.29, 1.82) is 0 Å². The molecule has 1 atom stereocenters. The topological polar surface area (TPSA) is 87.7 Å². The number of carboxylic acid groups (broad SMARTS) is 1. The van der Waals surface area contributed by atoms with E-state index >= 15 is 0 Å². The maximum absolute atomic E-state index is 14.6. The highest BCUT2D eigenvalue weighted by atomic mass is 35.5. The number of H-pyrrole nitrogens is 1. The first-order valence-electron chi connectivity index (χ1n) is 11.2. The summed E-state index contributed by atoms with van der Waals surface area (Å²) in [6.07, 6.45) is 1.80. The molecule has 3 heterocycles. The molecule has 1 fully saturated rings. The average Bonchev–Trinajstić information content (AvgIpc) is 3.33. The molecular weight excluding hydrogens is 461 g/mol. The van der Waals surface area contributed by atoms with Crippen LogP contribution in [0, 0.1) is 12.7 Å². The number of likely N-dealkylation sites (tertiary alicyclic amines) is 1. The lowest BCUT2D eigenvalue weighted by Gasteiger charge is -2.32. The van der Waals surface area contributed by atoms with Gasteiger partial charge in [-0.05, 0) is 63.0 Å². The number of rotatable bonds is 5. The Balaban J connectivity index is 1.29. The fourth-order valence-corrected chi connectivity index (χ4v) is 5.01. The Labute approximate surface area is 201 Å². The number of ether oxygens (including phenoxy) is 2. The summed E-state index contributed by atoms with van der Waals surface area (Å²) in [5.74, 6) is -0.564. The normalized spacial score (nSPS) is 20.6. The highest BCUT2D eigenvalue weighted by Crippen LogP contribution is 2.49. The number of fused-ring (bicyclic) bond motifs is 1. The van der Waals surface area contributed by atoms with Crippen molar-refractivity contribution in [2.75, 3.05) is 13.1 Å². The minimum absolute atomic E-state index is 0.141. The number of imidazole rings is 1. The number of benzene rings is 2. The molecule has 2 N–H and O–H groups in total. The van der Waals surface area contributed by atoms with E-state index in [4.69, 9.17) is 21.1 Å². The Morgan fingerprint density at radius 1 is 1.29 bits per heavy atom. The number of carboxylic acids is 1. The number of nitrogens with one attached hydrogen (secondary N) is 1. The smallest absolute Gasteiger partial charge is 0.354 e. The van der Waals surface area contributed by atoms with Crippen molar-refractivity contribution >= 4 is 17.6 Å². The molecule has 0 bridgehead atoms. The highest BCUT2D eigenvalue weighted by molar-refractivity contribution is 6.30. The molecule has 1 unspecified atom stereocenters. The van der Waals surface area contributed by atoms with Gasteiger partial charge in [-0.15, -0.1) is 0 Å². The van der Waals surface area contributed by atoms with Crippen LogP contribution in [-0.4, -0.2) is 39.0 Å². The molecule has 1 aromatic heterocycles. The van der Waals surface area contributed by atoms with Crippen molar-refractivity contribution in [3.8, 4) is 11.5 Å². The minimum atomic E-state index is -1.27. The maximum Gasteiger partial charge on any atom is 0.354 e. The molecule has 7 nitrogen and oxygen atoms in total. The Hall–Kier alpha value is -3.10. The molecular formula is C25H25ClFN3O4. The van der Waals surface area contributed by atoms with Crippen LogP contribution in [0.3, 0.4) is 0 Å². The number of hydrogen-bond donors (Lipinski definition) is 2. The lowest BCUT2D eigenvalue weighted by molar-refractivity contribution is -0.0712. The first-order chi connectivity index (χ1) is 16.2. The van der Waals surface area contributed by atoms with Gasteiger partial charge in [0.25, 0.3) is 5.79 Å². The summed E-state index contributed by atoms with van der Waals surface area (Å²) in [6.45, 7) is 5.64. The van der Waals surface area contributed by atoms with Crippen molar-refractivity contribution in [3.63, 3.8) is 0 Å². The number of halogens is 2. The molecule has 1 saturated heterocycles. The number of carbonyl (C=O) groups is 1. The number of aryl methyl sites for hydroxylation is 1. The van der Waals surface area contributed by atoms with Gasteiger partial charge in [0.05, 0.1) is 17.8 Å². The van der Waals surface area contributed by atoms with E-state index in [-0.39, 0.29) is 11.6 Å². The number of aromatic amines is 1. The maximum atomic E-state index is 14.6. The van der Waals surface area contributed by atoms with E-state index < -0.39 is 17.6 Å². The van der Waals surface area contributed by atoms with Gasteiger partial charge in [0.1, 0.15) is 17.3 Å². The van der Waals surface area contributed by atoms with E-state index in [0.717, 1.165) is 31.5 Å². The van der Waals surface area contributed by atoms with Crippen molar-refractivity contribution in [2.45, 2.75) is 44.9 Å². The van der Waals surface area contributed by atoms with Gasteiger partial charge in [0.15, 0.2) is 11.5 Å².